The maximum absolute atomic E-state index is 13.5. The second kappa shape index (κ2) is 8.38. The number of nitrogens with zero attached hydrogens (tertiary/aromatic N) is 2. The lowest BCUT2D eigenvalue weighted by atomic mass is 10.1. The molecule has 30 heavy (non-hydrogen) atoms. The van der Waals surface area contributed by atoms with E-state index in [-0.39, 0.29) is 11.5 Å². The number of hydrogen-bond acceptors (Lipinski definition) is 5. The average Bonchev–Trinajstić information content (AvgIpc) is 3.15. The summed E-state index contributed by atoms with van der Waals surface area (Å²) in [5.74, 6) is -0.375. The van der Waals surface area contributed by atoms with Gasteiger partial charge in [-0.3, -0.25) is 9.69 Å². The third-order valence-corrected chi connectivity index (χ3v) is 6.06. The van der Waals surface area contributed by atoms with Crippen LogP contribution in [-0.2, 0) is 0 Å². The van der Waals surface area contributed by atoms with Gasteiger partial charge >= 0.3 is 5.63 Å². The maximum atomic E-state index is 13.5. The minimum atomic E-state index is -0.626. The van der Waals surface area contributed by atoms with Crippen LogP contribution in [0.1, 0.15) is 22.3 Å². The zero-order chi connectivity index (χ0) is 21.3. The van der Waals surface area contributed by atoms with Crippen LogP contribution >= 0.6 is 11.3 Å². The predicted octanol–water partition coefficient (Wildman–Crippen LogP) is 2.89. The SMILES string of the molecule is Cc1cccc2sc(N(CCC[NH+](C)C)C(=O)c3cc4ccccc4oc3=O)nc12. The van der Waals surface area contributed by atoms with E-state index >= 15 is 0 Å². The van der Waals surface area contributed by atoms with Crippen molar-refractivity contribution in [2.45, 2.75) is 13.3 Å². The van der Waals surface area contributed by atoms with Crippen molar-refractivity contribution < 1.29 is 14.1 Å². The molecule has 0 unspecified atom stereocenters. The molecule has 0 fully saturated rings. The van der Waals surface area contributed by atoms with Gasteiger partial charge in [-0.05, 0) is 30.7 Å². The molecular weight excluding hydrogens is 398 g/mol. The zero-order valence-corrected chi connectivity index (χ0v) is 18.1. The summed E-state index contributed by atoms with van der Waals surface area (Å²) >= 11 is 1.47. The molecule has 0 saturated heterocycles. The van der Waals surface area contributed by atoms with Crippen molar-refractivity contribution in [1.82, 2.24) is 4.98 Å². The van der Waals surface area contributed by atoms with E-state index in [1.807, 2.05) is 37.3 Å². The van der Waals surface area contributed by atoms with Crippen LogP contribution in [0.2, 0.25) is 0 Å². The minimum Gasteiger partial charge on any atom is -0.422 e. The van der Waals surface area contributed by atoms with Crippen LogP contribution in [0.15, 0.2) is 57.7 Å². The Morgan fingerprint density at radius 1 is 1.17 bits per heavy atom. The van der Waals surface area contributed by atoms with Crippen LogP contribution in [-0.4, -0.2) is 38.1 Å². The molecule has 1 N–H and O–H groups in total. The summed E-state index contributed by atoms with van der Waals surface area (Å²) in [5.41, 5.74) is 1.82. The first-order valence-corrected chi connectivity index (χ1v) is 10.8. The summed E-state index contributed by atoms with van der Waals surface area (Å²) in [5, 5.41) is 1.32. The molecule has 0 bridgehead atoms. The molecule has 0 aliphatic heterocycles. The number of quaternary nitrogens is 1. The number of carbonyl (C=O) groups excluding carboxylic acids is 1. The van der Waals surface area contributed by atoms with E-state index in [1.54, 1.807) is 23.1 Å². The van der Waals surface area contributed by atoms with Gasteiger partial charge in [-0.1, -0.05) is 41.7 Å². The van der Waals surface area contributed by atoms with Gasteiger partial charge in [0, 0.05) is 18.4 Å². The quantitative estimate of drug-likeness (QED) is 0.485. The van der Waals surface area contributed by atoms with Crippen LogP contribution < -0.4 is 15.4 Å². The Hall–Kier alpha value is -3.03. The average molecular weight is 423 g/mol. The molecule has 0 atom stereocenters. The number of aromatic nitrogens is 1. The van der Waals surface area contributed by atoms with Gasteiger partial charge in [0.15, 0.2) is 5.13 Å². The lowest BCUT2D eigenvalue weighted by molar-refractivity contribution is -0.858. The Morgan fingerprint density at radius 3 is 2.73 bits per heavy atom. The van der Waals surface area contributed by atoms with E-state index in [2.05, 4.69) is 14.1 Å². The van der Waals surface area contributed by atoms with E-state index in [4.69, 9.17) is 9.40 Å². The topological polar surface area (TPSA) is 67.8 Å². The Labute approximate surface area is 178 Å². The largest absolute Gasteiger partial charge is 0.422 e. The molecule has 4 aromatic rings. The molecule has 0 aliphatic carbocycles. The van der Waals surface area contributed by atoms with Crippen LogP contribution in [0.3, 0.4) is 0 Å². The van der Waals surface area contributed by atoms with Crippen molar-refractivity contribution >= 4 is 43.6 Å². The summed E-state index contributed by atoms with van der Waals surface area (Å²) in [4.78, 5) is 33.7. The Kier molecular flexibility index (Phi) is 5.65. The van der Waals surface area contributed by atoms with Crippen LogP contribution in [0.4, 0.5) is 5.13 Å². The molecule has 0 aliphatic rings. The molecule has 6 nitrogen and oxygen atoms in total. The Balaban J connectivity index is 1.76. The van der Waals surface area contributed by atoms with Gasteiger partial charge in [0.2, 0.25) is 0 Å². The first-order valence-electron chi connectivity index (χ1n) is 9.94. The summed E-state index contributed by atoms with van der Waals surface area (Å²) in [6.07, 6.45) is 0.794. The number of rotatable bonds is 6. The fourth-order valence-corrected chi connectivity index (χ4v) is 4.49. The van der Waals surface area contributed by atoms with E-state index in [0.717, 1.165) is 34.1 Å². The Bertz CT molecular complexity index is 1280. The molecule has 1 amide bonds. The van der Waals surface area contributed by atoms with Crippen molar-refractivity contribution in [3.8, 4) is 0 Å². The van der Waals surface area contributed by atoms with Crippen LogP contribution in [0.25, 0.3) is 21.2 Å². The smallest absolute Gasteiger partial charge is 0.349 e. The first kappa shape index (κ1) is 20.3. The molecule has 2 aromatic carbocycles. The summed E-state index contributed by atoms with van der Waals surface area (Å²) < 4.78 is 6.42. The van der Waals surface area contributed by atoms with E-state index in [0.29, 0.717) is 17.3 Å². The van der Waals surface area contributed by atoms with Crippen molar-refractivity contribution in [1.29, 1.82) is 0 Å². The van der Waals surface area contributed by atoms with Gasteiger partial charge in [0.05, 0.1) is 30.9 Å². The lowest BCUT2D eigenvalue weighted by Crippen LogP contribution is -3.05. The summed E-state index contributed by atoms with van der Waals surface area (Å²) in [6, 6.07) is 14.8. The number of nitrogens with one attached hydrogen (secondary N) is 1. The molecular formula is C23H24N3O3S+. The van der Waals surface area contributed by atoms with Crippen molar-refractivity contribution in [3.63, 3.8) is 0 Å². The third kappa shape index (κ3) is 3.99. The van der Waals surface area contributed by atoms with E-state index in [1.165, 1.54) is 16.2 Å². The molecule has 2 heterocycles. The van der Waals surface area contributed by atoms with E-state index in [9.17, 15) is 9.59 Å². The highest BCUT2D eigenvalue weighted by Gasteiger charge is 2.25. The number of fused-ring (bicyclic) bond motifs is 2. The first-order chi connectivity index (χ1) is 14.4. The van der Waals surface area contributed by atoms with Crippen LogP contribution in [0, 0.1) is 6.92 Å². The van der Waals surface area contributed by atoms with Gasteiger partial charge in [-0.25, -0.2) is 9.78 Å². The number of aryl methyl sites for hydroxylation is 1. The van der Waals surface area contributed by atoms with Crippen molar-refractivity contribution in [2.24, 2.45) is 0 Å². The molecule has 4 rings (SSSR count). The maximum Gasteiger partial charge on any atom is 0.349 e. The second-order valence-electron chi connectivity index (χ2n) is 7.67. The Morgan fingerprint density at radius 2 is 1.97 bits per heavy atom. The van der Waals surface area contributed by atoms with Crippen molar-refractivity contribution in [3.05, 3.63) is 70.1 Å². The van der Waals surface area contributed by atoms with Gasteiger partial charge in [-0.15, -0.1) is 0 Å². The van der Waals surface area contributed by atoms with E-state index < -0.39 is 5.63 Å². The minimum absolute atomic E-state index is 0.0295. The number of benzene rings is 2. The molecule has 2 aromatic heterocycles. The van der Waals surface area contributed by atoms with Crippen molar-refractivity contribution in [2.75, 3.05) is 32.1 Å². The van der Waals surface area contributed by atoms with Gasteiger partial charge in [0.25, 0.3) is 5.91 Å². The highest BCUT2D eigenvalue weighted by Crippen LogP contribution is 2.31. The number of para-hydroxylation sites is 2. The third-order valence-electron chi connectivity index (χ3n) is 5.02. The zero-order valence-electron chi connectivity index (χ0n) is 17.3. The molecule has 7 heteroatoms. The normalized spacial score (nSPS) is 11.5. The number of anilines is 1. The molecule has 154 valence electrons. The molecule has 0 spiro atoms. The number of carbonyl (C=O) groups is 1. The van der Waals surface area contributed by atoms with Gasteiger partial charge < -0.3 is 9.32 Å². The highest BCUT2D eigenvalue weighted by atomic mass is 32.1. The predicted molar refractivity (Wildman–Crippen MR) is 121 cm³/mol. The fraction of sp³-hybridized carbons (Fsp3) is 0.261. The summed E-state index contributed by atoms with van der Waals surface area (Å²) in [6.45, 7) is 3.39. The molecule has 0 radical (unpaired) electrons. The number of thiazole rings is 1. The standard InChI is InChI=1S/C23H23N3O3S/c1-15-8-6-11-19-20(15)24-23(30-19)26(13-7-12-25(2)3)21(27)17-14-16-9-4-5-10-18(16)29-22(17)28/h4-6,8-11,14H,7,12-13H2,1-3H3/p+1. The second-order valence-corrected chi connectivity index (χ2v) is 8.68. The fourth-order valence-electron chi connectivity index (χ4n) is 3.42. The monoisotopic (exact) mass is 422 g/mol. The van der Waals surface area contributed by atoms with Gasteiger partial charge in [-0.2, -0.15) is 0 Å². The van der Waals surface area contributed by atoms with Crippen LogP contribution in [0.5, 0.6) is 0 Å². The summed E-state index contributed by atoms with van der Waals surface area (Å²) in [7, 11) is 4.15. The molecule has 0 saturated carbocycles. The number of hydrogen-bond donors (Lipinski definition) is 1. The number of amides is 1. The lowest BCUT2D eigenvalue weighted by Gasteiger charge is -2.20. The highest BCUT2D eigenvalue weighted by molar-refractivity contribution is 7.22. The van der Waals surface area contributed by atoms with Gasteiger partial charge in [0.1, 0.15) is 11.1 Å².